The molecular weight excluding hydrogens is 316 g/mol. The largest absolute Gasteiger partial charge is 0.347 e. The first-order valence-electron chi connectivity index (χ1n) is 8.75. The molecule has 0 unspecified atom stereocenters. The zero-order valence-corrected chi connectivity index (χ0v) is 14.1. The number of hydrogen-bond donors (Lipinski definition) is 0. The van der Waals surface area contributed by atoms with E-state index in [2.05, 4.69) is 0 Å². The van der Waals surface area contributed by atoms with Gasteiger partial charge in [-0.2, -0.15) is 0 Å². The Morgan fingerprint density at radius 3 is 1.80 bits per heavy atom. The maximum absolute atomic E-state index is 13.3. The van der Waals surface area contributed by atoms with Crippen molar-refractivity contribution in [1.29, 1.82) is 0 Å². The summed E-state index contributed by atoms with van der Waals surface area (Å²) in [4.78, 5) is 16.9. The van der Waals surface area contributed by atoms with E-state index >= 15 is 0 Å². The number of amides is 2. The van der Waals surface area contributed by atoms with Crippen LogP contribution in [0.5, 0.6) is 0 Å². The molecule has 0 aromatic heterocycles. The van der Waals surface area contributed by atoms with Crippen molar-refractivity contribution in [1.82, 2.24) is 4.90 Å². The van der Waals surface area contributed by atoms with Crippen molar-refractivity contribution in [2.45, 2.75) is 18.6 Å². The van der Waals surface area contributed by atoms with Crippen LogP contribution < -0.4 is 4.90 Å². The van der Waals surface area contributed by atoms with Crippen LogP contribution in [0, 0.1) is 0 Å². The number of carbonyl (C=O) groups is 1. The minimum atomic E-state index is -0.471. The van der Waals surface area contributed by atoms with Crippen LogP contribution in [-0.4, -0.2) is 43.0 Å². The van der Waals surface area contributed by atoms with E-state index in [1.54, 1.807) is 4.90 Å². The van der Waals surface area contributed by atoms with Gasteiger partial charge in [0.2, 0.25) is 0 Å². The SMILES string of the molecule is O=C(N1CCC2(CC1)OCCO2)N(c1ccccc1)c1ccccc1. The van der Waals surface area contributed by atoms with Crippen molar-refractivity contribution in [3.05, 3.63) is 60.7 Å². The van der Waals surface area contributed by atoms with Gasteiger partial charge >= 0.3 is 6.03 Å². The Morgan fingerprint density at radius 1 is 0.840 bits per heavy atom. The van der Waals surface area contributed by atoms with Crippen LogP contribution in [0.2, 0.25) is 0 Å². The number of para-hydroxylation sites is 2. The van der Waals surface area contributed by atoms with Crippen molar-refractivity contribution in [2.75, 3.05) is 31.2 Å². The second-order valence-electron chi connectivity index (χ2n) is 6.38. The maximum atomic E-state index is 13.3. The van der Waals surface area contributed by atoms with Crippen molar-refractivity contribution in [3.63, 3.8) is 0 Å². The van der Waals surface area contributed by atoms with E-state index < -0.39 is 5.79 Å². The molecule has 5 nitrogen and oxygen atoms in total. The van der Waals surface area contributed by atoms with Crippen LogP contribution in [0.4, 0.5) is 16.2 Å². The number of ether oxygens (including phenoxy) is 2. The Labute approximate surface area is 147 Å². The van der Waals surface area contributed by atoms with Crippen LogP contribution in [0.3, 0.4) is 0 Å². The summed E-state index contributed by atoms with van der Waals surface area (Å²) >= 11 is 0. The van der Waals surface area contributed by atoms with E-state index in [0.717, 1.165) is 24.2 Å². The van der Waals surface area contributed by atoms with E-state index in [-0.39, 0.29) is 6.03 Å². The van der Waals surface area contributed by atoms with E-state index in [1.165, 1.54) is 0 Å². The molecule has 2 saturated heterocycles. The van der Waals surface area contributed by atoms with Crippen molar-refractivity contribution in [2.24, 2.45) is 0 Å². The highest BCUT2D eigenvalue weighted by molar-refractivity contribution is 5.99. The Hall–Kier alpha value is -2.37. The van der Waals surface area contributed by atoms with Gasteiger partial charge in [-0.3, -0.25) is 4.90 Å². The zero-order chi connectivity index (χ0) is 17.1. The Kier molecular flexibility index (Phi) is 4.42. The van der Waals surface area contributed by atoms with E-state index in [1.807, 2.05) is 65.6 Å². The van der Waals surface area contributed by atoms with Crippen LogP contribution in [0.1, 0.15) is 12.8 Å². The summed E-state index contributed by atoms with van der Waals surface area (Å²) in [6.07, 6.45) is 1.44. The fourth-order valence-corrected chi connectivity index (χ4v) is 3.49. The van der Waals surface area contributed by atoms with Gasteiger partial charge in [0.15, 0.2) is 5.79 Å². The lowest BCUT2D eigenvalue weighted by atomic mass is 10.0. The van der Waals surface area contributed by atoms with Crippen LogP contribution in [0.25, 0.3) is 0 Å². The molecule has 130 valence electrons. The molecule has 1 spiro atoms. The minimum absolute atomic E-state index is 0.00903. The molecule has 0 saturated carbocycles. The maximum Gasteiger partial charge on any atom is 0.329 e. The molecule has 2 heterocycles. The molecule has 5 heteroatoms. The molecule has 2 aromatic carbocycles. The fourth-order valence-electron chi connectivity index (χ4n) is 3.49. The number of carbonyl (C=O) groups excluding carboxylic acids is 1. The molecule has 2 fully saturated rings. The second kappa shape index (κ2) is 6.86. The number of benzene rings is 2. The van der Waals surface area contributed by atoms with Gasteiger partial charge in [-0.05, 0) is 24.3 Å². The number of urea groups is 1. The van der Waals surface area contributed by atoms with Crippen molar-refractivity contribution in [3.8, 4) is 0 Å². The van der Waals surface area contributed by atoms with Gasteiger partial charge < -0.3 is 14.4 Å². The Bertz CT molecular complexity index is 665. The summed E-state index contributed by atoms with van der Waals surface area (Å²) in [7, 11) is 0. The third-order valence-electron chi connectivity index (χ3n) is 4.83. The van der Waals surface area contributed by atoms with E-state index in [9.17, 15) is 4.79 Å². The standard InChI is InChI=1S/C20H22N2O3/c23-19(21-13-11-20(12-14-21)24-15-16-25-20)22(17-7-3-1-4-8-17)18-9-5-2-6-10-18/h1-10H,11-16H2. The quantitative estimate of drug-likeness (QED) is 0.837. The van der Waals surface area contributed by atoms with Gasteiger partial charge in [-0.25, -0.2) is 4.79 Å². The van der Waals surface area contributed by atoms with Crippen LogP contribution >= 0.6 is 0 Å². The first-order valence-corrected chi connectivity index (χ1v) is 8.75. The number of anilines is 2. The zero-order valence-electron chi connectivity index (χ0n) is 14.1. The topological polar surface area (TPSA) is 42.0 Å². The molecule has 0 radical (unpaired) electrons. The number of piperidine rings is 1. The predicted octanol–water partition coefficient (Wildman–Crippen LogP) is 3.78. The lowest BCUT2D eigenvalue weighted by Gasteiger charge is -2.39. The number of nitrogens with zero attached hydrogens (tertiary/aromatic N) is 2. The summed E-state index contributed by atoms with van der Waals surface area (Å²) < 4.78 is 11.5. The summed E-state index contributed by atoms with van der Waals surface area (Å²) in [6, 6.07) is 19.5. The first kappa shape index (κ1) is 16.1. The molecule has 0 bridgehead atoms. The normalized spacial score (nSPS) is 19.1. The second-order valence-corrected chi connectivity index (χ2v) is 6.38. The number of hydrogen-bond acceptors (Lipinski definition) is 3. The molecule has 2 amide bonds. The molecular formula is C20H22N2O3. The molecule has 0 aliphatic carbocycles. The summed E-state index contributed by atoms with van der Waals surface area (Å²) in [5.41, 5.74) is 1.74. The Balaban J connectivity index is 1.56. The van der Waals surface area contributed by atoms with Gasteiger partial charge in [0.25, 0.3) is 0 Å². The summed E-state index contributed by atoms with van der Waals surface area (Å²) in [5.74, 6) is -0.471. The van der Waals surface area contributed by atoms with Crippen molar-refractivity contribution < 1.29 is 14.3 Å². The van der Waals surface area contributed by atoms with E-state index in [0.29, 0.717) is 26.3 Å². The average Bonchev–Trinajstić information content (AvgIpc) is 3.12. The summed E-state index contributed by atoms with van der Waals surface area (Å²) in [6.45, 7) is 2.56. The average molecular weight is 338 g/mol. The highest BCUT2D eigenvalue weighted by Gasteiger charge is 2.41. The minimum Gasteiger partial charge on any atom is -0.347 e. The van der Waals surface area contributed by atoms with Crippen molar-refractivity contribution >= 4 is 17.4 Å². The van der Waals surface area contributed by atoms with Gasteiger partial charge in [0.05, 0.1) is 24.6 Å². The molecule has 2 aliphatic rings. The number of likely N-dealkylation sites (tertiary alicyclic amines) is 1. The number of rotatable bonds is 2. The first-order chi connectivity index (χ1) is 12.3. The molecule has 2 aliphatic heterocycles. The van der Waals surface area contributed by atoms with Gasteiger partial charge in [0.1, 0.15) is 0 Å². The van der Waals surface area contributed by atoms with Crippen LogP contribution in [-0.2, 0) is 9.47 Å². The highest BCUT2D eigenvalue weighted by Crippen LogP contribution is 2.33. The lowest BCUT2D eigenvalue weighted by Crippen LogP contribution is -2.50. The molecule has 4 rings (SSSR count). The molecule has 0 N–H and O–H groups in total. The lowest BCUT2D eigenvalue weighted by molar-refractivity contribution is -0.181. The third-order valence-corrected chi connectivity index (χ3v) is 4.83. The molecule has 2 aromatic rings. The third kappa shape index (κ3) is 3.25. The van der Waals surface area contributed by atoms with E-state index in [4.69, 9.17) is 9.47 Å². The smallest absolute Gasteiger partial charge is 0.329 e. The fraction of sp³-hybridized carbons (Fsp3) is 0.350. The highest BCUT2D eigenvalue weighted by atomic mass is 16.7. The predicted molar refractivity (Wildman–Crippen MR) is 95.9 cm³/mol. The monoisotopic (exact) mass is 338 g/mol. The van der Waals surface area contributed by atoms with Gasteiger partial charge in [-0.1, -0.05) is 36.4 Å². The van der Waals surface area contributed by atoms with Gasteiger partial charge in [-0.15, -0.1) is 0 Å². The van der Waals surface area contributed by atoms with Crippen LogP contribution in [0.15, 0.2) is 60.7 Å². The molecule has 0 atom stereocenters. The van der Waals surface area contributed by atoms with Gasteiger partial charge in [0, 0.05) is 25.9 Å². The Morgan fingerprint density at radius 2 is 1.32 bits per heavy atom. The molecule has 25 heavy (non-hydrogen) atoms. The summed E-state index contributed by atoms with van der Waals surface area (Å²) in [5, 5.41) is 0.